The molecule has 0 unspecified atom stereocenters. The Kier molecular flexibility index (Phi) is 4.88. The number of aliphatic hydroxyl groups is 1. The molecule has 27 heavy (non-hydrogen) atoms. The molecule has 8 heteroatoms. The van der Waals surface area contributed by atoms with Gasteiger partial charge in [0.05, 0.1) is 17.6 Å². The Morgan fingerprint density at radius 3 is 2.89 bits per heavy atom. The standard InChI is InChI=1S/C19H21N5O3/c1-3-21-15-12-24(22-16(15)17(20)25)14-6-4-5-13(11-14)7-8-19(27)9-10-23(2)18(19)26/h4-6,11-12,21,27H,3,9-10H2,1-2H3,(H2,20,25)/t19-/m0/s1. The Balaban J connectivity index is 1.91. The lowest BCUT2D eigenvalue weighted by molar-refractivity contribution is -0.137. The first-order chi connectivity index (χ1) is 12.8. The first kappa shape index (κ1) is 18.5. The van der Waals surface area contributed by atoms with Crippen LogP contribution in [0, 0.1) is 11.8 Å². The quantitative estimate of drug-likeness (QED) is 0.675. The van der Waals surface area contributed by atoms with Crippen LogP contribution < -0.4 is 11.1 Å². The van der Waals surface area contributed by atoms with Crippen LogP contribution in [0.3, 0.4) is 0 Å². The van der Waals surface area contributed by atoms with E-state index in [4.69, 9.17) is 5.73 Å². The molecule has 1 fully saturated rings. The smallest absolute Gasteiger partial charge is 0.271 e. The number of carbonyl (C=O) groups excluding carboxylic acids is 2. The number of hydrogen-bond acceptors (Lipinski definition) is 5. The van der Waals surface area contributed by atoms with Gasteiger partial charge >= 0.3 is 0 Å². The van der Waals surface area contributed by atoms with Gasteiger partial charge in [0, 0.05) is 32.1 Å². The molecule has 1 atom stereocenters. The van der Waals surface area contributed by atoms with E-state index >= 15 is 0 Å². The van der Waals surface area contributed by atoms with Gasteiger partial charge in [-0.05, 0) is 25.1 Å². The zero-order valence-corrected chi connectivity index (χ0v) is 15.2. The zero-order chi connectivity index (χ0) is 19.6. The summed E-state index contributed by atoms with van der Waals surface area (Å²) in [5.41, 5.74) is 5.73. The molecule has 3 rings (SSSR count). The Bertz CT molecular complexity index is 956. The van der Waals surface area contributed by atoms with Crippen LogP contribution in [0.5, 0.6) is 0 Å². The van der Waals surface area contributed by atoms with Crippen LogP contribution in [0.25, 0.3) is 5.69 Å². The lowest BCUT2D eigenvalue weighted by Gasteiger charge is -2.13. The molecule has 2 aromatic rings. The van der Waals surface area contributed by atoms with Gasteiger partial charge in [-0.15, -0.1) is 0 Å². The molecule has 1 saturated heterocycles. The minimum absolute atomic E-state index is 0.155. The van der Waals surface area contributed by atoms with Crippen LogP contribution >= 0.6 is 0 Å². The Morgan fingerprint density at radius 2 is 2.26 bits per heavy atom. The van der Waals surface area contributed by atoms with E-state index in [9.17, 15) is 14.7 Å². The number of aromatic nitrogens is 2. The van der Waals surface area contributed by atoms with E-state index in [1.165, 1.54) is 9.58 Å². The van der Waals surface area contributed by atoms with Crippen molar-refractivity contribution in [1.29, 1.82) is 0 Å². The summed E-state index contributed by atoms with van der Waals surface area (Å²) in [6.45, 7) is 3.00. The van der Waals surface area contributed by atoms with E-state index in [-0.39, 0.29) is 18.0 Å². The molecular weight excluding hydrogens is 346 g/mol. The number of primary amides is 1. The number of anilines is 1. The van der Waals surface area contributed by atoms with Crippen LogP contribution in [0.1, 0.15) is 29.4 Å². The minimum atomic E-state index is -1.65. The van der Waals surface area contributed by atoms with E-state index < -0.39 is 11.5 Å². The fraction of sp³-hybridized carbons (Fsp3) is 0.316. The molecule has 0 aliphatic carbocycles. The third-order valence-corrected chi connectivity index (χ3v) is 4.35. The second kappa shape index (κ2) is 7.13. The molecule has 0 bridgehead atoms. The SMILES string of the molecule is CCNc1cn(-c2cccc(C#C[C@]3(O)CCN(C)C3=O)c2)nc1C(N)=O. The number of carbonyl (C=O) groups is 2. The van der Waals surface area contributed by atoms with Crippen LogP contribution in [0.15, 0.2) is 30.5 Å². The Morgan fingerprint density at radius 1 is 1.48 bits per heavy atom. The monoisotopic (exact) mass is 367 g/mol. The summed E-state index contributed by atoms with van der Waals surface area (Å²) >= 11 is 0. The molecule has 2 heterocycles. The van der Waals surface area contributed by atoms with Crippen molar-refractivity contribution in [2.45, 2.75) is 18.9 Å². The van der Waals surface area contributed by atoms with Gasteiger partial charge in [-0.1, -0.05) is 17.9 Å². The van der Waals surface area contributed by atoms with Gasteiger partial charge in [0.25, 0.3) is 11.8 Å². The average molecular weight is 367 g/mol. The normalized spacial score (nSPS) is 18.9. The van der Waals surface area contributed by atoms with Crippen molar-refractivity contribution < 1.29 is 14.7 Å². The summed E-state index contributed by atoms with van der Waals surface area (Å²) in [5.74, 6) is 4.54. The number of nitrogens with zero attached hydrogens (tertiary/aromatic N) is 3. The molecule has 140 valence electrons. The highest BCUT2D eigenvalue weighted by molar-refractivity contribution is 5.96. The Labute approximate surface area is 157 Å². The van der Waals surface area contributed by atoms with Crippen molar-refractivity contribution in [1.82, 2.24) is 14.7 Å². The molecule has 8 nitrogen and oxygen atoms in total. The predicted molar refractivity (Wildman–Crippen MR) is 100 cm³/mol. The predicted octanol–water partition coefficient (Wildman–Crippen LogP) is 0.348. The average Bonchev–Trinajstić information content (AvgIpc) is 3.18. The molecule has 4 N–H and O–H groups in total. The molecule has 1 aromatic heterocycles. The molecule has 0 spiro atoms. The van der Waals surface area contributed by atoms with Crippen molar-refractivity contribution >= 4 is 17.5 Å². The van der Waals surface area contributed by atoms with E-state index in [2.05, 4.69) is 22.3 Å². The van der Waals surface area contributed by atoms with E-state index in [0.717, 1.165) is 0 Å². The van der Waals surface area contributed by atoms with Crippen LogP contribution in [0.2, 0.25) is 0 Å². The summed E-state index contributed by atoms with van der Waals surface area (Å²) in [6, 6.07) is 7.12. The highest BCUT2D eigenvalue weighted by Gasteiger charge is 2.42. The first-order valence-electron chi connectivity index (χ1n) is 8.59. The van der Waals surface area contributed by atoms with Crippen molar-refractivity contribution in [2.24, 2.45) is 5.73 Å². The topological polar surface area (TPSA) is 113 Å². The lowest BCUT2D eigenvalue weighted by Crippen LogP contribution is -2.37. The summed E-state index contributed by atoms with van der Waals surface area (Å²) < 4.78 is 1.53. The van der Waals surface area contributed by atoms with Crippen LogP contribution in [-0.4, -0.2) is 57.3 Å². The number of nitrogens with two attached hydrogens (primary N) is 1. The zero-order valence-electron chi connectivity index (χ0n) is 15.2. The van der Waals surface area contributed by atoms with Gasteiger partial charge in [-0.25, -0.2) is 4.68 Å². The maximum Gasteiger partial charge on any atom is 0.271 e. The third-order valence-electron chi connectivity index (χ3n) is 4.35. The number of rotatable bonds is 4. The summed E-state index contributed by atoms with van der Waals surface area (Å²) in [5, 5.41) is 17.7. The minimum Gasteiger partial charge on any atom is -0.382 e. The number of likely N-dealkylation sites (N-methyl/N-ethyl adjacent to an activating group) is 1. The number of likely N-dealkylation sites (tertiary alicyclic amines) is 1. The highest BCUT2D eigenvalue weighted by atomic mass is 16.3. The summed E-state index contributed by atoms with van der Waals surface area (Å²) in [4.78, 5) is 25.0. The van der Waals surface area contributed by atoms with Crippen molar-refractivity contribution in [3.05, 3.63) is 41.7 Å². The number of amides is 2. The molecule has 1 aliphatic heterocycles. The number of benzene rings is 1. The van der Waals surface area contributed by atoms with Crippen LogP contribution in [-0.2, 0) is 4.79 Å². The second-order valence-corrected chi connectivity index (χ2v) is 6.37. The summed E-state index contributed by atoms with van der Waals surface area (Å²) in [6.07, 6.45) is 1.96. The maximum absolute atomic E-state index is 12.0. The first-order valence-corrected chi connectivity index (χ1v) is 8.59. The van der Waals surface area contributed by atoms with E-state index in [1.807, 2.05) is 13.0 Å². The molecular formula is C19H21N5O3. The molecule has 0 radical (unpaired) electrons. The van der Waals surface area contributed by atoms with Crippen LogP contribution in [0.4, 0.5) is 5.69 Å². The van der Waals surface area contributed by atoms with Gasteiger partial charge in [-0.3, -0.25) is 9.59 Å². The molecule has 0 saturated carbocycles. The van der Waals surface area contributed by atoms with Gasteiger partial charge in [-0.2, -0.15) is 5.10 Å². The number of hydrogen-bond donors (Lipinski definition) is 3. The van der Waals surface area contributed by atoms with Gasteiger partial charge in [0.2, 0.25) is 5.60 Å². The second-order valence-electron chi connectivity index (χ2n) is 6.37. The third kappa shape index (κ3) is 3.64. The van der Waals surface area contributed by atoms with Gasteiger partial charge in [0.1, 0.15) is 0 Å². The van der Waals surface area contributed by atoms with Crippen molar-refractivity contribution in [2.75, 3.05) is 25.5 Å². The highest BCUT2D eigenvalue weighted by Crippen LogP contribution is 2.21. The fourth-order valence-corrected chi connectivity index (χ4v) is 2.88. The largest absolute Gasteiger partial charge is 0.382 e. The fourth-order valence-electron chi connectivity index (χ4n) is 2.88. The maximum atomic E-state index is 12.0. The molecule has 1 aliphatic rings. The Hall–Kier alpha value is -3.31. The van der Waals surface area contributed by atoms with Crippen molar-refractivity contribution in [3.8, 4) is 17.5 Å². The molecule has 1 aromatic carbocycles. The van der Waals surface area contributed by atoms with Crippen molar-refractivity contribution in [3.63, 3.8) is 0 Å². The summed E-state index contributed by atoms with van der Waals surface area (Å²) in [7, 11) is 1.64. The van der Waals surface area contributed by atoms with Gasteiger partial charge < -0.3 is 21.1 Å². The molecule has 2 amide bonds. The van der Waals surface area contributed by atoms with E-state index in [0.29, 0.717) is 30.0 Å². The lowest BCUT2D eigenvalue weighted by atomic mass is 10.0. The van der Waals surface area contributed by atoms with Gasteiger partial charge in [0.15, 0.2) is 5.69 Å². The number of nitrogens with one attached hydrogen (secondary N) is 1. The van der Waals surface area contributed by atoms with E-state index in [1.54, 1.807) is 31.4 Å².